The van der Waals surface area contributed by atoms with Gasteiger partial charge in [0.2, 0.25) is 0 Å². The van der Waals surface area contributed by atoms with Crippen molar-refractivity contribution in [1.82, 2.24) is 14.9 Å². The van der Waals surface area contributed by atoms with Crippen molar-refractivity contribution in [3.05, 3.63) is 18.1 Å². The molecule has 0 bridgehead atoms. The van der Waals surface area contributed by atoms with E-state index in [1.54, 1.807) is 12.4 Å². The quantitative estimate of drug-likeness (QED) is 0.863. The molecule has 6 heteroatoms. The Bertz CT molecular complexity index is 700. The van der Waals surface area contributed by atoms with Gasteiger partial charge in [0.15, 0.2) is 0 Å². The summed E-state index contributed by atoms with van der Waals surface area (Å²) in [6.07, 6.45) is 12.2. The van der Waals surface area contributed by atoms with E-state index in [-0.39, 0.29) is 5.91 Å². The Morgan fingerprint density at radius 2 is 2.00 bits per heavy atom. The molecule has 5 rings (SSSR count). The minimum atomic E-state index is 0.00959. The molecule has 1 aromatic heterocycles. The van der Waals surface area contributed by atoms with Crippen LogP contribution in [0.2, 0.25) is 0 Å². The minimum absolute atomic E-state index is 0.00959. The zero-order chi connectivity index (χ0) is 18.4. The second-order valence-corrected chi connectivity index (χ2v) is 9.22. The number of carbonyl (C=O) groups is 1. The maximum Gasteiger partial charge on any atom is 0.274 e. The van der Waals surface area contributed by atoms with Crippen LogP contribution in [0.1, 0.15) is 55.4 Å². The third-order valence-corrected chi connectivity index (χ3v) is 7.55. The third kappa shape index (κ3) is 3.22. The van der Waals surface area contributed by atoms with Gasteiger partial charge in [-0.3, -0.25) is 9.78 Å². The SMILES string of the molecule is CN(C(=O)c1cncc(NCC2CC3(CCOCC3)C2)n1)C1C2CCCC21. The first kappa shape index (κ1) is 17.4. The molecule has 1 amide bonds. The Hall–Kier alpha value is -1.69. The predicted octanol–water partition coefficient (Wildman–Crippen LogP) is 2.97. The summed E-state index contributed by atoms with van der Waals surface area (Å²) in [7, 11) is 1.93. The molecule has 3 aliphatic carbocycles. The van der Waals surface area contributed by atoms with Crippen LogP contribution in [0, 0.1) is 23.2 Å². The van der Waals surface area contributed by atoms with Gasteiger partial charge in [0.25, 0.3) is 5.91 Å². The minimum Gasteiger partial charge on any atom is -0.381 e. The highest BCUT2D eigenvalue weighted by Gasteiger charge is 2.55. The number of amides is 1. The highest BCUT2D eigenvalue weighted by Crippen LogP contribution is 2.54. The fourth-order valence-corrected chi connectivity index (χ4v) is 6.00. The molecule has 1 aromatic rings. The van der Waals surface area contributed by atoms with Gasteiger partial charge in [-0.15, -0.1) is 0 Å². The van der Waals surface area contributed by atoms with Gasteiger partial charge in [0, 0.05) is 32.8 Å². The number of anilines is 1. The first-order chi connectivity index (χ1) is 13.2. The lowest BCUT2D eigenvalue weighted by molar-refractivity contribution is -0.0553. The van der Waals surface area contributed by atoms with Crippen LogP contribution in [-0.4, -0.2) is 53.6 Å². The smallest absolute Gasteiger partial charge is 0.274 e. The zero-order valence-electron chi connectivity index (χ0n) is 16.2. The van der Waals surface area contributed by atoms with Crippen LogP contribution in [0.25, 0.3) is 0 Å². The van der Waals surface area contributed by atoms with Crippen LogP contribution in [0.3, 0.4) is 0 Å². The first-order valence-corrected chi connectivity index (χ1v) is 10.6. The highest BCUT2D eigenvalue weighted by atomic mass is 16.5. The van der Waals surface area contributed by atoms with Gasteiger partial charge in [-0.1, -0.05) is 6.42 Å². The van der Waals surface area contributed by atoms with Gasteiger partial charge < -0.3 is 15.0 Å². The van der Waals surface area contributed by atoms with Crippen molar-refractivity contribution in [2.45, 2.75) is 51.0 Å². The van der Waals surface area contributed by atoms with Gasteiger partial charge >= 0.3 is 0 Å². The van der Waals surface area contributed by atoms with E-state index in [9.17, 15) is 4.79 Å². The molecule has 0 radical (unpaired) electrons. The molecule has 1 N–H and O–H groups in total. The molecule has 4 aliphatic rings. The molecule has 2 unspecified atom stereocenters. The molecular formula is C21H30N4O2. The van der Waals surface area contributed by atoms with Gasteiger partial charge in [-0.05, 0) is 61.7 Å². The predicted molar refractivity (Wildman–Crippen MR) is 102 cm³/mol. The summed E-state index contributed by atoms with van der Waals surface area (Å²) < 4.78 is 5.50. The van der Waals surface area contributed by atoms with Crippen LogP contribution in [-0.2, 0) is 4.74 Å². The van der Waals surface area contributed by atoms with Crippen molar-refractivity contribution in [3.63, 3.8) is 0 Å². The number of carbonyl (C=O) groups excluding carboxylic acids is 1. The third-order valence-electron chi connectivity index (χ3n) is 7.55. The monoisotopic (exact) mass is 370 g/mol. The van der Waals surface area contributed by atoms with Crippen LogP contribution >= 0.6 is 0 Å². The van der Waals surface area contributed by atoms with E-state index in [0.29, 0.717) is 23.1 Å². The Morgan fingerprint density at radius 1 is 1.26 bits per heavy atom. The fourth-order valence-electron chi connectivity index (χ4n) is 6.00. The molecule has 1 spiro atoms. The van der Waals surface area contributed by atoms with Crippen LogP contribution in [0.15, 0.2) is 12.4 Å². The maximum atomic E-state index is 12.8. The average Bonchev–Trinajstić information content (AvgIpc) is 3.15. The van der Waals surface area contributed by atoms with Crippen molar-refractivity contribution >= 4 is 11.7 Å². The topological polar surface area (TPSA) is 67.4 Å². The second-order valence-electron chi connectivity index (χ2n) is 9.22. The highest BCUT2D eigenvalue weighted by molar-refractivity contribution is 5.92. The van der Waals surface area contributed by atoms with Gasteiger partial charge in [-0.2, -0.15) is 0 Å². The molecule has 1 saturated heterocycles. The van der Waals surface area contributed by atoms with E-state index >= 15 is 0 Å². The van der Waals surface area contributed by atoms with Crippen molar-refractivity contribution in [2.24, 2.45) is 23.2 Å². The summed E-state index contributed by atoms with van der Waals surface area (Å²) in [5.41, 5.74) is 1.00. The van der Waals surface area contributed by atoms with Crippen LogP contribution in [0.4, 0.5) is 5.82 Å². The summed E-state index contributed by atoms with van der Waals surface area (Å²) in [5.74, 6) is 2.87. The lowest BCUT2D eigenvalue weighted by Crippen LogP contribution is -2.44. The average molecular weight is 370 g/mol. The lowest BCUT2D eigenvalue weighted by Gasteiger charge is -2.50. The molecule has 6 nitrogen and oxygen atoms in total. The number of hydrogen-bond acceptors (Lipinski definition) is 5. The number of rotatable bonds is 5. The molecular weight excluding hydrogens is 340 g/mol. The summed E-state index contributed by atoms with van der Waals surface area (Å²) in [6.45, 7) is 2.76. The number of aromatic nitrogens is 2. The van der Waals surface area contributed by atoms with E-state index < -0.39 is 0 Å². The fraction of sp³-hybridized carbons (Fsp3) is 0.762. The molecule has 0 aromatic carbocycles. The van der Waals surface area contributed by atoms with Crippen molar-refractivity contribution in [3.8, 4) is 0 Å². The number of nitrogens with zero attached hydrogens (tertiary/aromatic N) is 3. The summed E-state index contributed by atoms with van der Waals surface area (Å²) in [4.78, 5) is 23.5. The number of fused-ring (bicyclic) bond motifs is 1. The van der Waals surface area contributed by atoms with Crippen molar-refractivity contribution in [2.75, 3.05) is 32.1 Å². The number of ether oxygens (including phenoxy) is 1. The Balaban J connectivity index is 1.14. The van der Waals surface area contributed by atoms with Gasteiger partial charge in [0.05, 0.1) is 12.4 Å². The van der Waals surface area contributed by atoms with Gasteiger partial charge in [-0.25, -0.2) is 4.98 Å². The first-order valence-electron chi connectivity index (χ1n) is 10.6. The Kier molecular flexibility index (Phi) is 4.34. The maximum absolute atomic E-state index is 12.8. The lowest BCUT2D eigenvalue weighted by atomic mass is 9.58. The number of nitrogens with one attached hydrogen (secondary N) is 1. The van der Waals surface area contributed by atoms with E-state index in [1.807, 2.05) is 11.9 Å². The summed E-state index contributed by atoms with van der Waals surface area (Å²) in [5, 5.41) is 3.41. The molecule has 4 fully saturated rings. The molecule has 3 saturated carbocycles. The largest absolute Gasteiger partial charge is 0.381 e. The summed E-state index contributed by atoms with van der Waals surface area (Å²) in [6, 6.07) is 0.426. The van der Waals surface area contributed by atoms with E-state index in [4.69, 9.17) is 4.74 Å². The Labute approximate surface area is 161 Å². The summed E-state index contributed by atoms with van der Waals surface area (Å²) >= 11 is 0. The molecule has 2 atom stereocenters. The van der Waals surface area contributed by atoms with Gasteiger partial charge in [0.1, 0.15) is 11.5 Å². The number of hydrogen-bond donors (Lipinski definition) is 1. The second kappa shape index (κ2) is 6.73. The van der Waals surface area contributed by atoms with E-state index in [1.165, 1.54) is 44.9 Å². The Morgan fingerprint density at radius 3 is 2.74 bits per heavy atom. The van der Waals surface area contributed by atoms with Crippen LogP contribution < -0.4 is 5.32 Å². The molecule has 27 heavy (non-hydrogen) atoms. The van der Waals surface area contributed by atoms with E-state index in [0.717, 1.165) is 37.4 Å². The van der Waals surface area contributed by atoms with Crippen molar-refractivity contribution < 1.29 is 9.53 Å². The molecule has 146 valence electrons. The molecule has 2 heterocycles. The van der Waals surface area contributed by atoms with E-state index in [2.05, 4.69) is 15.3 Å². The standard InChI is InChI=1S/C21H30N4O2/c1-25(19-15-3-2-4-16(15)19)20(26)17-12-22-13-18(24-17)23-11-14-9-21(10-14)5-7-27-8-6-21/h12-16,19H,2-11H2,1H3,(H,23,24). The van der Waals surface area contributed by atoms with Crippen LogP contribution in [0.5, 0.6) is 0 Å². The molecule has 1 aliphatic heterocycles. The zero-order valence-corrected chi connectivity index (χ0v) is 16.2. The normalized spacial score (nSPS) is 31.2. The van der Waals surface area contributed by atoms with Crippen molar-refractivity contribution in [1.29, 1.82) is 0 Å².